The van der Waals surface area contributed by atoms with Crippen LogP contribution in [0.2, 0.25) is 0 Å². The molecule has 1 N–H and O–H groups in total. The van der Waals surface area contributed by atoms with Crippen molar-refractivity contribution in [1.82, 2.24) is 14.8 Å². The number of hydrogen-bond acceptors (Lipinski definition) is 3. The smallest absolute Gasteiger partial charge is 0.258 e. The number of aromatic nitrogens is 3. The van der Waals surface area contributed by atoms with Gasteiger partial charge in [0.05, 0.1) is 17.0 Å². The first-order chi connectivity index (χ1) is 10.6. The van der Waals surface area contributed by atoms with E-state index in [4.69, 9.17) is 0 Å². The van der Waals surface area contributed by atoms with Gasteiger partial charge in [-0.05, 0) is 19.1 Å². The quantitative estimate of drug-likeness (QED) is 0.807. The van der Waals surface area contributed by atoms with Crippen molar-refractivity contribution in [1.29, 1.82) is 0 Å². The highest BCUT2D eigenvalue weighted by Gasteiger charge is 2.12. The summed E-state index contributed by atoms with van der Waals surface area (Å²) in [4.78, 5) is 16.8. The molecule has 110 valence electrons. The molecule has 5 nitrogen and oxygen atoms in total. The lowest BCUT2D eigenvalue weighted by atomic mass is 10.1. The van der Waals surface area contributed by atoms with E-state index in [0.29, 0.717) is 17.1 Å². The normalized spacial score (nSPS) is 10.5. The lowest BCUT2D eigenvalue weighted by Gasteiger charge is -2.07. The maximum Gasteiger partial charge on any atom is 0.258 e. The number of carbonyl (C=O) groups is 1. The van der Waals surface area contributed by atoms with E-state index in [1.54, 1.807) is 30.1 Å². The fraction of sp³-hybridized carbons (Fsp3) is 0.118. The van der Waals surface area contributed by atoms with Gasteiger partial charge in [-0.2, -0.15) is 5.10 Å². The molecule has 22 heavy (non-hydrogen) atoms. The molecule has 0 aliphatic carbocycles. The number of hydrogen-bond donors (Lipinski definition) is 1. The Morgan fingerprint density at radius 2 is 1.86 bits per heavy atom. The number of carbonyl (C=O) groups excluding carboxylic acids is 1. The van der Waals surface area contributed by atoms with E-state index in [-0.39, 0.29) is 5.91 Å². The highest BCUT2D eigenvalue weighted by Crippen LogP contribution is 2.19. The Morgan fingerprint density at radius 1 is 1.09 bits per heavy atom. The Balaban J connectivity index is 1.84. The standard InChI is InChI=1S/C17H16N4O/c1-12-14(17(22)19-16-10-11-21(2)20-16)8-9-15(18-12)13-6-4-3-5-7-13/h3-11H,1-2H3,(H,19,20,22). The predicted molar refractivity (Wildman–Crippen MR) is 85.6 cm³/mol. The minimum Gasteiger partial charge on any atom is -0.305 e. The van der Waals surface area contributed by atoms with Gasteiger partial charge < -0.3 is 5.32 Å². The summed E-state index contributed by atoms with van der Waals surface area (Å²) in [6.45, 7) is 1.83. The Kier molecular flexibility index (Phi) is 3.70. The van der Waals surface area contributed by atoms with Crippen LogP contribution in [-0.4, -0.2) is 20.7 Å². The molecule has 3 rings (SSSR count). The minimum absolute atomic E-state index is 0.205. The van der Waals surface area contributed by atoms with Gasteiger partial charge in [0.25, 0.3) is 5.91 Å². The summed E-state index contributed by atoms with van der Waals surface area (Å²) in [7, 11) is 1.80. The molecule has 0 bridgehead atoms. The van der Waals surface area contributed by atoms with Gasteiger partial charge in [0.1, 0.15) is 0 Å². The largest absolute Gasteiger partial charge is 0.305 e. The van der Waals surface area contributed by atoms with Gasteiger partial charge in [0, 0.05) is 24.9 Å². The molecule has 0 saturated heterocycles. The molecule has 0 fully saturated rings. The monoisotopic (exact) mass is 292 g/mol. The number of anilines is 1. The Hall–Kier alpha value is -2.95. The van der Waals surface area contributed by atoms with E-state index in [1.165, 1.54) is 0 Å². The average molecular weight is 292 g/mol. The van der Waals surface area contributed by atoms with Crippen LogP contribution in [0.25, 0.3) is 11.3 Å². The van der Waals surface area contributed by atoms with Gasteiger partial charge in [-0.15, -0.1) is 0 Å². The number of rotatable bonds is 3. The summed E-state index contributed by atoms with van der Waals surface area (Å²) in [5.74, 6) is 0.322. The molecule has 0 atom stereocenters. The van der Waals surface area contributed by atoms with Crippen molar-refractivity contribution in [2.24, 2.45) is 7.05 Å². The van der Waals surface area contributed by atoms with Crippen molar-refractivity contribution in [3.05, 3.63) is 66.0 Å². The third-order valence-electron chi connectivity index (χ3n) is 3.36. The van der Waals surface area contributed by atoms with Crippen LogP contribution >= 0.6 is 0 Å². The van der Waals surface area contributed by atoms with E-state index < -0.39 is 0 Å². The third-order valence-corrected chi connectivity index (χ3v) is 3.36. The van der Waals surface area contributed by atoms with Crippen molar-refractivity contribution >= 4 is 11.7 Å². The third kappa shape index (κ3) is 2.88. The average Bonchev–Trinajstić information content (AvgIpc) is 2.93. The topological polar surface area (TPSA) is 59.8 Å². The maximum atomic E-state index is 12.3. The van der Waals surface area contributed by atoms with Gasteiger partial charge in [0.15, 0.2) is 5.82 Å². The van der Waals surface area contributed by atoms with Crippen molar-refractivity contribution < 1.29 is 4.79 Å². The maximum absolute atomic E-state index is 12.3. The van der Waals surface area contributed by atoms with E-state index in [1.807, 2.05) is 43.3 Å². The second kappa shape index (κ2) is 5.81. The van der Waals surface area contributed by atoms with E-state index in [0.717, 1.165) is 11.3 Å². The van der Waals surface area contributed by atoms with E-state index in [2.05, 4.69) is 15.4 Å². The fourth-order valence-electron chi connectivity index (χ4n) is 2.24. The lowest BCUT2D eigenvalue weighted by Crippen LogP contribution is -2.14. The number of pyridine rings is 1. The molecule has 5 heteroatoms. The molecule has 1 aromatic carbocycles. The van der Waals surface area contributed by atoms with E-state index >= 15 is 0 Å². The Bertz CT molecular complexity index is 809. The zero-order valence-corrected chi connectivity index (χ0v) is 12.4. The second-order valence-electron chi connectivity index (χ2n) is 5.02. The first kappa shape index (κ1) is 14.0. The zero-order valence-electron chi connectivity index (χ0n) is 12.4. The van der Waals surface area contributed by atoms with Gasteiger partial charge >= 0.3 is 0 Å². The number of nitrogens with zero attached hydrogens (tertiary/aromatic N) is 3. The van der Waals surface area contributed by atoms with Crippen LogP contribution in [0.5, 0.6) is 0 Å². The molecule has 0 spiro atoms. The van der Waals surface area contributed by atoms with Gasteiger partial charge in [-0.25, -0.2) is 0 Å². The second-order valence-corrected chi connectivity index (χ2v) is 5.02. The molecule has 2 aromatic heterocycles. The van der Waals surface area contributed by atoms with Crippen LogP contribution in [0.1, 0.15) is 16.1 Å². The molecule has 0 saturated carbocycles. The van der Waals surface area contributed by atoms with Crippen LogP contribution in [-0.2, 0) is 7.05 Å². The molecular weight excluding hydrogens is 276 g/mol. The van der Waals surface area contributed by atoms with Crippen LogP contribution in [0.3, 0.4) is 0 Å². The molecule has 3 aromatic rings. The lowest BCUT2D eigenvalue weighted by molar-refractivity contribution is 0.102. The molecule has 0 unspecified atom stereocenters. The van der Waals surface area contributed by atoms with Crippen LogP contribution in [0.15, 0.2) is 54.7 Å². The van der Waals surface area contributed by atoms with Gasteiger partial charge in [0.2, 0.25) is 0 Å². The van der Waals surface area contributed by atoms with Crippen LogP contribution in [0, 0.1) is 6.92 Å². The highest BCUT2D eigenvalue weighted by molar-refractivity contribution is 6.04. The molecule has 0 aliphatic rings. The van der Waals surface area contributed by atoms with Crippen molar-refractivity contribution in [3.63, 3.8) is 0 Å². The highest BCUT2D eigenvalue weighted by atomic mass is 16.1. The summed E-state index contributed by atoms with van der Waals surface area (Å²) in [6.07, 6.45) is 1.78. The number of amides is 1. The molecule has 2 heterocycles. The summed E-state index contributed by atoms with van der Waals surface area (Å²) in [5, 5.41) is 6.90. The Labute approximate surface area is 128 Å². The molecular formula is C17H16N4O. The summed E-state index contributed by atoms with van der Waals surface area (Å²) >= 11 is 0. The van der Waals surface area contributed by atoms with E-state index in [9.17, 15) is 4.79 Å². The van der Waals surface area contributed by atoms with Crippen molar-refractivity contribution in [2.75, 3.05) is 5.32 Å². The van der Waals surface area contributed by atoms with Gasteiger partial charge in [-0.3, -0.25) is 14.5 Å². The molecule has 0 radical (unpaired) electrons. The van der Waals surface area contributed by atoms with Crippen LogP contribution in [0.4, 0.5) is 5.82 Å². The van der Waals surface area contributed by atoms with Crippen molar-refractivity contribution in [3.8, 4) is 11.3 Å². The molecule has 1 amide bonds. The fourth-order valence-corrected chi connectivity index (χ4v) is 2.24. The number of aryl methyl sites for hydroxylation is 2. The zero-order chi connectivity index (χ0) is 15.5. The first-order valence-electron chi connectivity index (χ1n) is 6.97. The van der Waals surface area contributed by atoms with Crippen molar-refractivity contribution in [2.45, 2.75) is 6.92 Å². The first-order valence-corrected chi connectivity index (χ1v) is 6.97. The molecule has 0 aliphatic heterocycles. The van der Waals surface area contributed by atoms with Crippen LogP contribution < -0.4 is 5.32 Å². The Morgan fingerprint density at radius 3 is 2.50 bits per heavy atom. The number of benzene rings is 1. The number of nitrogens with one attached hydrogen (secondary N) is 1. The van der Waals surface area contributed by atoms with Gasteiger partial charge in [-0.1, -0.05) is 30.3 Å². The summed E-state index contributed by atoms with van der Waals surface area (Å²) in [5.41, 5.74) is 3.12. The summed E-state index contributed by atoms with van der Waals surface area (Å²) < 4.78 is 1.64. The SMILES string of the molecule is Cc1nc(-c2ccccc2)ccc1C(=O)Nc1ccn(C)n1. The minimum atomic E-state index is -0.205. The summed E-state index contributed by atoms with van der Waals surface area (Å²) in [6, 6.07) is 15.3. The predicted octanol–water partition coefficient (Wildman–Crippen LogP) is 3.04.